The molecule has 18 heavy (non-hydrogen) atoms. The number of hydrogen-bond acceptors (Lipinski definition) is 3. The topological polar surface area (TPSA) is 32.6 Å². The molecular formula is C14H20N4. The minimum absolute atomic E-state index is 0.990. The Hall–Kier alpha value is -1.55. The third kappa shape index (κ3) is 1.97. The van der Waals surface area contributed by atoms with Crippen molar-refractivity contribution in [3.63, 3.8) is 0 Å². The van der Waals surface area contributed by atoms with Crippen LogP contribution in [0.4, 0.5) is 5.69 Å². The van der Waals surface area contributed by atoms with Gasteiger partial charge in [-0.15, -0.1) is 0 Å². The molecule has 0 amide bonds. The molecule has 1 saturated heterocycles. The Morgan fingerprint density at radius 2 is 2.06 bits per heavy atom. The second kappa shape index (κ2) is 4.61. The van der Waals surface area contributed by atoms with Gasteiger partial charge in [0.2, 0.25) is 0 Å². The molecule has 0 unspecified atom stereocenters. The monoisotopic (exact) mass is 244 g/mol. The number of aryl methyl sites for hydroxylation is 2. The van der Waals surface area contributed by atoms with Gasteiger partial charge in [-0.25, -0.2) is 4.98 Å². The van der Waals surface area contributed by atoms with E-state index in [9.17, 15) is 0 Å². The number of rotatable bonds is 2. The van der Waals surface area contributed by atoms with Gasteiger partial charge in [-0.2, -0.15) is 0 Å². The molecule has 1 N–H and O–H groups in total. The predicted octanol–water partition coefficient (Wildman–Crippen LogP) is 1.61. The first-order chi connectivity index (χ1) is 8.78. The molecule has 4 nitrogen and oxygen atoms in total. The summed E-state index contributed by atoms with van der Waals surface area (Å²) in [6.07, 6.45) is 5.35. The fourth-order valence-electron chi connectivity index (χ4n) is 2.57. The number of anilines is 1. The highest BCUT2D eigenvalue weighted by atomic mass is 15.2. The fourth-order valence-corrected chi connectivity index (χ4v) is 2.57. The van der Waals surface area contributed by atoms with Gasteiger partial charge in [0.05, 0.1) is 11.4 Å². The Bertz CT molecular complexity index is 552. The molecule has 1 aliphatic rings. The number of fused-ring (bicyclic) bond motifs is 1. The molecule has 0 radical (unpaired) electrons. The highest BCUT2D eigenvalue weighted by molar-refractivity contribution is 5.58. The number of hydrogen-bond donors (Lipinski definition) is 1. The van der Waals surface area contributed by atoms with E-state index in [0.717, 1.165) is 43.9 Å². The summed E-state index contributed by atoms with van der Waals surface area (Å²) in [6.45, 7) is 8.60. The first-order valence-corrected chi connectivity index (χ1v) is 6.72. The van der Waals surface area contributed by atoms with Crippen LogP contribution < -0.4 is 10.2 Å². The van der Waals surface area contributed by atoms with Crippen LogP contribution in [0.1, 0.15) is 18.2 Å². The molecule has 0 aliphatic carbocycles. The molecule has 0 atom stereocenters. The molecule has 1 aliphatic heterocycles. The average Bonchev–Trinajstić information content (AvgIpc) is 2.83. The van der Waals surface area contributed by atoms with E-state index in [-0.39, 0.29) is 0 Å². The second-order valence-electron chi connectivity index (χ2n) is 4.94. The van der Waals surface area contributed by atoms with Crippen molar-refractivity contribution in [2.24, 2.45) is 0 Å². The number of pyridine rings is 1. The summed E-state index contributed by atoms with van der Waals surface area (Å²) >= 11 is 0. The van der Waals surface area contributed by atoms with E-state index in [4.69, 9.17) is 0 Å². The zero-order chi connectivity index (χ0) is 12.5. The van der Waals surface area contributed by atoms with E-state index in [1.165, 1.54) is 11.3 Å². The lowest BCUT2D eigenvalue weighted by molar-refractivity contribution is 0.588. The molecule has 1 fully saturated rings. The van der Waals surface area contributed by atoms with Crippen LogP contribution in [0, 0.1) is 6.92 Å². The highest BCUT2D eigenvalue weighted by Gasteiger charge is 2.13. The Kier molecular flexibility index (Phi) is 2.96. The summed E-state index contributed by atoms with van der Waals surface area (Å²) in [5, 5.41) is 3.39. The van der Waals surface area contributed by atoms with Crippen molar-refractivity contribution in [2.45, 2.75) is 20.3 Å². The molecule has 0 bridgehead atoms. The zero-order valence-electron chi connectivity index (χ0n) is 11.1. The van der Waals surface area contributed by atoms with Crippen molar-refractivity contribution < 1.29 is 0 Å². The molecular weight excluding hydrogens is 224 g/mol. The third-order valence-corrected chi connectivity index (χ3v) is 3.62. The van der Waals surface area contributed by atoms with E-state index in [2.05, 4.69) is 51.9 Å². The molecule has 0 saturated carbocycles. The third-order valence-electron chi connectivity index (χ3n) is 3.62. The SMILES string of the molecule is CCc1cn2cc(N3CCNCC3)cc(C)c2n1. The van der Waals surface area contributed by atoms with Crippen LogP contribution >= 0.6 is 0 Å². The lowest BCUT2D eigenvalue weighted by Gasteiger charge is -2.29. The van der Waals surface area contributed by atoms with E-state index in [1.807, 2.05) is 0 Å². The van der Waals surface area contributed by atoms with Gasteiger partial charge in [-0.1, -0.05) is 6.92 Å². The van der Waals surface area contributed by atoms with Crippen molar-refractivity contribution in [1.29, 1.82) is 0 Å². The maximum atomic E-state index is 4.65. The van der Waals surface area contributed by atoms with Crippen LogP contribution in [0.15, 0.2) is 18.5 Å². The average molecular weight is 244 g/mol. The van der Waals surface area contributed by atoms with Crippen LogP contribution in [0.5, 0.6) is 0 Å². The van der Waals surface area contributed by atoms with Gasteiger partial charge in [0.15, 0.2) is 0 Å². The zero-order valence-corrected chi connectivity index (χ0v) is 11.1. The van der Waals surface area contributed by atoms with Gasteiger partial charge in [0.1, 0.15) is 5.65 Å². The van der Waals surface area contributed by atoms with Crippen molar-refractivity contribution in [3.8, 4) is 0 Å². The molecule has 3 heterocycles. The molecule has 96 valence electrons. The molecule has 0 spiro atoms. The molecule has 2 aromatic heterocycles. The van der Waals surface area contributed by atoms with Crippen LogP contribution in [0.3, 0.4) is 0 Å². The summed E-state index contributed by atoms with van der Waals surface area (Å²) < 4.78 is 2.17. The molecule has 3 rings (SSSR count). The van der Waals surface area contributed by atoms with Crippen molar-refractivity contribution in [3.05, 3.63) is 29.7 Å². The number of imidazole rings is 1. The lowest BCUT2D eigenvalue weighted by atomic mass is 10.2. The lowest BCUT2D eigenvalue weighted by Crippen LogP contribution is -2.43. The molecule has 4 heteroatoms. The largest absolute Gasteiger partial charge is 0.368 e. The van der Waals surface area contributed by atoms with Crippen molar-refractivity contribution >= 4 is 11.3 Å². The molecule has 2 aromatic rings. The smallest absolute Gasteiger partial charge is 0.140 e. The highest BCUT2D eigenvalue weighted by Crippen LogP contribution is 2.20. The van der Waals surface area contributed by atoms with Crippen molar-refractivity contribution in [1.82, 2.24) is 14.7 Å². The Labute approximate surface area is 108 Å². The van der Waals surface area contributed by atoms with E-state index in [0.29, 0.717) is 0 Å². The van der Waals surface area contributed by atoms with Crippen LogP contribution in [-0.4, -0.2) is 35.6 Å². The van der Waals surface area contributed by atoms with Gasteiger partial charge in [-0.05, 0) is 25.0 Å². The summed E-state index contributed by atoms with van der Waals surface area (Å²) in [7, 11) is 0. The Balaban J connectivity index is 2.02. The van der Waals surface area contributed by atoms with Gasteiger partial charge >= 0.3 is 0 Å². The van der Waals surface area contributed by atoms with Crippen LogP contribution in [0.25, 0.3) is 5.65 Å². The maximum absolute atomic E-state index is 4.65. The second-order valence-corrected chi connectivity index (χ2v) is 4.94. The van der Waals surface area contributed by atoms with Crippen molar-refractivity contribution in [2.75, 3.05) is 31.1 Å². The Morgan fingerprint density at radius 3 is 2.78 bits per heavy atom. The number of piperazine rings is 1. The standard InChI is InChI=1S/C14H20N4/c1-3-12-9-18-10-13(8-11(2)14(18)16-12)17-6-4-15-5-7-17/h8-10,15H,3-7H2,1-2H3. The number of nitrogens with zero attached hydrogens (tertiary/aromatic N) is 3. The fraction of sp³-hybridized carbons (Fsp3) is 0.500. The van der Waals surface area contributed by atoms with Crippen LogP contribution in [-0.2, 0) is 6.42 Å². The van der Waals surface area contributed by atoms with Gasteiger partial charge in [-0.3, -0.25) is 0 Å². The summed E-state index contributed by atoms with van der Waals surface area (Å²) in [5.41, 5.74) is 4.81. The Morgan fingerprint density at radius 1 is 1.28 bits per heavy atom. The quantitative estimate of drug-likeness (QED) is 0.871. The number of aromatic nitrogens is 2. The first-order valence-electron chi connectivity index (χ1n) is 6.72. The first kappa shape index (κ1) is 11.5. The van der Waals surface area contributed by atoms with E-state index in [1.54, 1.807) is 0 Å². The van der Waals surface area contributed by atoms with Gasteiger partial charge in [0, 0.05) is 38.6 Å². The number of nitrogens with one attached hydrogen (secondary N) is 1. The normalized spacial score (nSPS) is 16.4. The van der Waals surface area contributed by atoms with Gasteiger partial charge < -0.3 is 14.6 Å². The van der Waals surface area contributed by atoms with Crippen LogP contribution in [0.2, 0.25) is 0 Å². The minimum atomic E-state index is 0.990. The summed E-state index contributed by atoms with van der Waals surface area (Å²) in [6, 6.07) is 2.26. The maximum Gasteiger partial charge on any atom is 0.140 e. The van der Waals surface area contributed by atoms with Gasteiger partial charge in [0.25, 0.3) is 0 Å². The minimum Gasteiger partial charge on any atom is -0.368 e. The van der Waals surface area contributed by atoms with E-state index >= 15 is 0 Å². The summed E-state index contributed by atoms with van der Waals surface area (Å²) in [4.78, 5) is 7.09. The predicted molar refractivity (Wildman–Crippen MR) is 74.4 cm³/mol. The van der Waals surface area contributed by atoms with E-state index < -0.39 is 0 Å². The summed E-state index contributed by atoms with van der Waals surface area (Å²) in [5.74, 6) is 0. The molecule has 0 aromatic carbocycles.